The van der Waals surface area contributed by atoms with E-state index in [4.69, 9.17) is 16.3 Å². The lowest BCUT2D eigenvalue weighted by atomic mass is 9.59. The van der Waals surface area contributed by atoms with Crippen molar-refractivity contribution in [1.82, 2.24) is 0 Å². The fourth-order valence-corrected chi connectivity index (χ4v) is 3.74. The van der Waals surface area contributed by atoms with E-state index >= 15 is 0 Å². The molecule has 3 fully saturated rings. The number of carbonyl (C=O) groups excluding carboxylic acids is 1. The highest BCUT2D eigenvalue weighted by atomic mass is 35.5. The van der Waals surface area contributed by atoms with Crippen LogP contribution in [0.3, 0.4) is 0 Å². The molecule has 80 valence electrons. The number of halogens is 1. The molecule has 3 saturated carbocycles. The minimum atomic E-state index is -0.0370. The van der Waals surface area contributed by atoms with E-state index < -0.39 is 0 Å². The van der Waals surface area contributed by atoms with Crippen LogP contribution in [0, 0.1) is 23.7 Å². The van der Waals surface area contributed by atoms with Crippen molar-refractivity contribution >= 4 is 17.6 Å². The summed E-state index contributed by atoms with van der Waals surface area (Å²) in [7, 11) is 1.48. The van der Waals surface area contributed by atoms with Gasteiger partial charge in [-0.15, -0.1) is 11.6 Å². The van der Waals surface area contributed by atoms with E-state index in [-0.39, 0.29) is 11.9 Å². The molecule has 2 nitrogen and oxygen atoms in total. The van der Waals surface area contributed by atoms with Crippen LogP contribution in [0.1, 0.15) is 25.7 Å². The zero-order chi connectivity index (χ0) is 10.1. The standard InChI is InChI=1S/C11H17ClO2/c1-14-11(13)10-8-4-2-7(3-5-8)9(10)6-12/h7-10H,2-6H2,1H3/t7?,8?,9-,10-/m1/s1. The predicted octanol–water partition coefficient (Wildman–Crippen LogP) is 2.45. The van der Waals surface area contributed by atoms with Crippen molar-refractivity contribution in [3.63, 3.8) is 0 Å². The molecule has 2 bridgehead atoms. The monoisotopic (exact) mass is 216 g/mol. The Labute approximate surface area is 90.0 Å². The third-order valence-corrected chi connectivity index (χ3v) is 4.40. The average Bonchev–Trinajstić information content (AvgIpc) is 2.28. The number of fused-ring (bicyclic) bond motifs is 3. The van der Waals surface area contributed by atoms with E-state index in [1.807, 2.05) is 0 Å². The van der Waals surface area contributed by atoms with Gasteiger partial charge in [0.1, 0.15) is 0 Å². The van der Waals surface area contributed by atoms with Crippen LogP contribution in [0.2, 0.25) is 0 Å². The Hall–Kier alpha value is -0.240. The quantitative estimate of drug-likeness (QED) is 0.524. The average molecular weight is 217 g/mol. The molecule has 0 N–H and O–H groups in total. The number of ether oxygens (including phenoxy) is 1. The first kappa shape index (κ1) is 10.3. The fourth-order valence-electron chi connectivity index (χ4n) is 3.30. The van der Waals surface area contributed by atoms with E-state index in [1.165, 1.54) is 32.8 Å². The van der Waals surface area contributed by atoms with Gasteiger partial charge in [0.2, 0.25) is 0 Å². The van der Waals surface area contributed by atoms with Gasteiger partial charge in [-0.1, -0.05) is 0 Å². The van der Waals surface area contributed by atoms with Crippen molar-refractivity contribution in [2.75, 3.05) is 13.0 Å². The molecule has 0 saturated heterocycles. The maximum Gasteiger partial charge on any atom is 0.309 e. The van der Waals surface area contributed by atoms with E-state index in [9.17, 15) is 4.79 Å². The van der Waals surface area contributed by atoms with Crippen molar-refractivity contribution in [2.45, 2.75) is 25.7 Å². The summed E-state index contributed by atoms with van der Waals surface area (Å²) in [5.74, 6) is 2.24. The maximum atomic E-state index is 11.6. The van der Waals surface area contributed by atoms with E-state index in [0.717, 1.165) is 0 Å². The lowest BCUT2D eigenvalue weighted by Crippen LogP contribution is -2.45. The summed E-state index contributed by atoms with van der Waals surface area (Å²) in [6.45, 7) is 0. The molecule has 2 atom stereocenters. The molecule has 0 aromatic heterocycles. The Kier molecular flexibility index (Phi) is 3.01. The number of esters is 1. The fraction of sp³-hybridized carbons (Fsp3) is 0.909. The molecular formula is C11H17ClO2. The Bertz CT molecular complexity index is 221. The van der Waals surface area contributed by atoms with Gasteiger partial charge in [0.05, 0.1) is 13.0 Å². The third kappa shape index (κ3) is 1.54. The molecule has 3 heteroatoms. The molecule has 0 aliphatic heterocycles. The zero-order valence-electron chi connectivity index (χ0n) is 8.54. The summed E-state index contributed by atoms with van der Waals surface area (Å²) in [6.07, 6.45) is 4.90. The summed E-state index contributed by atoms with van der Waals surface area (Å²) >= 11 is 5.96. The summed E-state index contributed by atoms with van der Waals surface area (Å²) < 4.78 is 4.88. The van der Waals surface area contributed by atoms with Gasteiger partial charge in [-0.3, -0.25) is 4.79 Å². The lowest BCUT2D eigenvalue weighted by Gasteiger charge is -2.46. The van der Waals surface area contributed by atoms with E-state index in [2.05, 4.69) is 0 Å². The molecule has 3 aliphatic carbocycles. The van der Waals surface area contributed by atoms with Crippen LogP contribution in [-0.4, -0.2) is 19.0 Å². The van der Waals surface area contributed by atoms with E-state index in [1.54, 1.807) is 0 Å². The first-order chi connectivity index (χ1) is 6.77. The van der Waals surface area contributed by atoms with Crippen LogP contribution in [0.5, 0.6) is 0 Å². The van der Waals surface area contributed by atoms with Gasteiger partial charge in [-0.2, -0.15) is 0 Å². The highest BCUT2D eigenvalue weighted by Gasteiger charge is 2.46. The summed E-state index contributed by atoms with van der Waals surface area (Å²) in [4.78, 5) is 11.6. The molecule has 0 spiro atoms. The van der Waals surface area contributed by atoms with Gasteiger partial charge in [0.25, 0.3) is 0 Å². The van der Waals surface area contributed by atoms with Gasteiger partial charge < -0.3 is 4.74 Å². The van der Waals surface area contributed by atoms with Crippen LogP contribution in [0.15, 0.2) is 0 Å². The van der Waals surface area contributed by atoms with Gasteiger partial charge in [-0.05, 0) is 43.4 Å². The molecule has 0 heterocycles. The van der Waals surface area contributed by atoms with Gasteiger partial charge in [0.15, 0.2) is 0 Å². The molecule has 14 heavy (non-hydrogen) atoms. The van der Waals surface area contributed by atoms with Crippen LogP contribution < -0.4 is 0 Å². The number of methoxy groups -OCH3 is 1. The summed E-state index contributed by atoms with van der Waals surface area (Å²) in [5, 5.41) is 0. The topological polar surface area (TPSA) is 26.3 Å². The number of hydrogen-bond donors (Lipinski definition) is 0. The Morgan fingerprint density at radius 3 is 2.36 bits per heavy atom. The van der Waals surface area contributed by atoms with Crippen molar-refractivity contribution in [2.24, 2.45) is 23.7 Å². The number of rotatable bonds is 2. The minimum absolute atomic E-state index is 0.0370. The van der Waals surface area contributed by atoms with Crippen LogP contribution in [-0.2, 0) is 9.53 Å². The van der Waals surface area contributed by atoms with Crippen LogP contribution >= 0.6 is 11.6 Å². The minimum Gasteiger partial charge on any atom is -0.469 e. The van der Waals surface area contributed by atoms with Crippen molar-refractivity contribution in [3.05, 3.63) is 0 Å². The molecule has 3 aliphatic rings. The first-order valence-electron chi connectivity index (χ1n) is 5.41. The molecule has 3 rings (SSSR count). The lowest BCUT2D eigenvalue weighted by molar-refractivity contribution is -0.155. The molecule has 0 aromatic carbocycles. The smallest absolute Gasteiger partial charge is 0.309 e. The first-order valence-corrected chi connectivity index (χ1v) is 5.95. The van der Waals surface area contributed by atoms with Crippen LogP contribution in [0.4, 0.5) is 0 Å². The van der Waals surface area contributed by atoms with Gasteiger partial charge >= 0.3 is 5.97 Å². The van der Waals surface area contributed by atoms with Crippen molar-refractivity contribution < 1.29 is 9.53 Å². The van der Waals surface area contributed by atoms with E-state index in [0.29, 0.717) is 23.6 Å². The largest absolute Gasteiger partial charge is 0.469 e. The Morgan fingerprint density at radius 2 is 1.86 bits per heavy atom. The second kappa shape index (κ2) is 4.09. The second-order valence-corrected chi connectivity index (χ2v) is 4.85. The predicted molar refractivity (Wildman–Crippen MR) is 55.2 cm³/mol. The van der Waals surface area contributed by atoms with Crippen LogP contribution in [0.25, 0.3) is 0 Å². The summed E-state index contributed by atoms with van der Waals surface area (Å²) in [5.41, 5.74) is 0. The highest BCUT2D eigenvalue weighted by molar-refractivity contribution is 6.18. The maximum absolute atomic E-state index is 11.6. The van der Waals surface area contributed by atoms with Gasteiger partial charge in [-0.25, -0.2) is 0 Å². The molecule has 0 unspecified atom stereocenters. The highest BCUT2D eigenvalue weighted by Crippen LogP contribution is 2.49. The number of carbonyl (C=O) groups is 1. The molecule has 0 aromatic rings. The SMILES string of the molecule is COC(=O)[C@@H]1C2CCC(CC2)[C@H]1CCl. The Morgan fingerprint density at radius 1 is 1.29 bits per heavy atom. The molecule has 0 amide bonds. The number of alkyl halides is 1. The molecule has 0 radical (unpaired) electrons. The van der Waals surface area contributed by atoms with Crippen molar-refractivity contribution in [3.8, 4) is 0 Å². The van der Waals surface area contributed by atoms with Crippen molar-refractivity contribution in [1.29, 1.82) is 0 Å². The third-order valence-electron chi connectivity index (χ3n) is 4.04. The zero-order valence-corrected chi connectivity index (χ0v) is 9.30. The summed E-state index contributed by atoms with van der Waals surface area (Å²) in [6, 6.07) is 0. The number of hydrogen-bond acceptors (Lipinski definition) is 2. The normalized spacial score (nSPS) is 41.0. The molecular weight excluding hydrogens is 200 g/mol. The second-order valence-electron chi connectivity index (χ2n) is 4.54. The van der Waals surface area contributed by atoms with Gasteiger partial charge in [0, 0.05) is 5.88 Å². The Balaban J connectivity index is 2.16.